The maximum absolute atomic E-state index is 12.5. The van der Waals surface area contributed by atoms with Crippen molar-refractivity contribution < 1.29 is 9.21 Å². The Bertz CT molecular complexity index is 966. The van der Waals surface area contributed by atoms with Crippen molar-refractivity contribution in [1.29, 1.82) is 0 Å². The fraction of sp³-hybridized carbons (Fsp3) is 0.0556. The van der Waals surface area contributed by atoms with Gasteiger partial charge in [-0.3, -0.25) is 4.79 Å². The zero-order valence-electron chi connectivity index (χ0n) is 12.9. The van der Waals surface area contributed by atoms with Crippen LogP contribution in [-0.4, -0.2) is 5.91 Å². The molecule has 2 aromatic carbocycles. The van der Waals surface area contributed by atoms with Gasteiger partial charge in [0.2, 0.25) is 0 Å². The van der Waals surface area contributed by atoms with Crippen LogP contribution in [0.2, 0.25) is 20.1 Å². The number of anilines is 1. The lowest BCUT2D eigenvalue weighted by atomic mass is 10.1. The van der Waals surface area contributed by atoms with Gasteiger partial charge in [0.15, 0.2) is 0 Å². The first-order valence-electron chi connectivity index (χ1n) is 7.17. The van der Waals surface area contributed by atoms with E-state index in [4.69, 9.17) is 50.8 Å². The summed E-state index contributed by atoms with van der Waals surface area (Å²) in [6, 6.07) is 11.6. The van der Waals surface area contributed by atoms with E-state index >= 15 is 0 Å². The van der Waals surface area contributed by atoms with Crippen LogP contribution < -0.4 is 5.32 Å². The molecule has 1 amide bonds. The van der Waals surface area contributed by atoms with Crippen molar-refractivity contribution >= 4 is 58.0 Å². The fourth-order valence-electron chi connectivity index (χ4n) is 2.27. The number of carbonyl (C=O) groups excluding carboxylic acids is 1. The van der Waals surface area contributed by atoms with Gasteiger partial charge in [0.1, 0.15) is 11.5 Å². The first-order valence-corrected chi connectivity index (χ1v) is 8.68. The summed E-state index contributed by atoms with van der Waals surface area (Å²) in [7, 11) is 0. The molecule has 0 aliphatic heterocycles. The molecular weight excluding hydrogens is 404 g/mol. The molecule has 0 spiro atoms. The summed E-state index contributed by atoms with van der Waals surface area (Å²) in [4.78, 5) is 12.5. The highest BCUT2D eigenvalue weighted by atomic mass is 35.5. The second-order valence-corrected chi connectivity index (χ2v) is 6.92. The maximum Gasteiger partial charge on any atom is 0.259 e. The minimum atomic E-state index is -0.314. The summed E-state index contributed by atoms with van der Waals surface area (Å²) in [5.74, 6) is 0.694. The van der Waals surface area contributed by atoms with Gasteiger partial charge >= 0.3 is 0 Å². The van der Waals surface area contributed by atoms with Crippen molar-refractivity contribution in [3.05, 3.63) is 73.9 Å². The van der Waals surface area contributed by atoms with Crippen LogP contribution in [0.5, 0.6) is 0 Å². The average molecular weight is 415 g/mol. The van der Waals surface area contributed by atoms with Crippen molar-refractivity contribution in [2.45, 2.75) is 6.92 Å². The molecule has 0 aliphatic carbocycles. The number of carbonyl (C=O) groups is 1. The van der Waals surface area contributed by atoms with E-state index < -0.39 is 0 Å². The molecule has 0 atom stereocenters. The van der Waals surface area contributed by atoms with Gasteiger partial charge in [0.05, 0.1) is 25.7 Å². The van der Waals surface area contributed by atoms with E-state index in [9.17, 15) is 4.79 Å². The molecule has 1 N–H and O–H groups in total. The Morgan fingerprint density at radius 2 is 1.52 bits per heavy atom. The summed E-state index contributed by atoms with van der Waals surface area (Å²) >= 11 is 23.8. The smallest absolute Gasteiger partial charge is 0.259 e. The second-order valence-electron chi connectivity index (χ2n) is 5.29. The average Bonchev–Trinajstić information content (AvgIpc) is 2.95. The van der Waals surface area contributed by atoms with E-state index in [0.717, 1.165) is 5.56 Å². The third-order valence-electron chi connectivity index (χ3n) is 3.54. The van der Waals surface area contributed by atoms with Gasteiger partial charge in [-0.05, 0) is 49.4 Å². The van der Waals surface area contributed by atoms with E-state index in [-0.39, 0.29) is 5.91 Å². The van der Waals surface area contributed by atoms with E-state index in [1.165, 1.54) is 0 Å². The Morgan fingerprint density at radius 3 is 2.16 bits per heavy atom. The summed E-state index contributed by atoms with van der Waals surface area (Å²) in [5.41, 5.74) is 1.68. The molecule has 0 bridgehead atoms. The topological polar surface area (TPSA) is 42.2 Å². The first-order chi connectivity index (χ1) is 11.8. The standard InChI is InChI=1S/C18H11Cl4NO2/c1-9-12(18(24)23-11-3-5-14(20)16(22)7-11)8-17(25-9)10-2-4-13(19)15(21)6-10/h2-8H,1H3,(H,23,24). The molecule has 3 nitrogen and oxygen atoms in total. The normalized spacial score (nSPS) is 10.8. The van der Waals surface area contributed by atoms with Crippen LogP contribution >= 0.6 is 46.4 Å². The minimum absolute atomic E-state index is 0.314. The number of amides is 1. The highest BCUT2D eigenvalue weighted by molar-refractivity contribution is 6.42. The summed E-state index contributed by atoms with van der Waals surface area (Å²) < 4.78 is 5.69. The third-order valence-corrected chi connectivity index (χ3v) is 5.02. The van der Waals surface area contributed by atoms with Crippen LogP contribution in [0.25, 0.3) is 11.3 Å². The highest BCUT2D eigenvalue weighted by Crippen LogP contribution is 2.31. The van der Waals surface area contributed by atoms with Crippen LogP contribution in [0.3, 0.4) is 0 Å². The largest absolute Gasteiger partial charge is 0.461 e. The number of rotatable bonds is 3. The number of aryl methyl sites for hydroxylation is 1. The molecule has 3 rings (SSSR count). The molecule has 25 heavy (non-hydrogen) atoms. The lowest BCUT2D eigenvalue weighted by molar-refractivity contribution is 0.102. The third kappa shape index (κ3) is 3.96. The fourth-order valence-corrected chi connectivity index (χ4v) is 2.87. The number of nitrogens with one attached hydrogen (secondary N) is 1. The van der Waals surface area contributed by atoms with Crippen LogP contribution in [0, 0.1) is 6.92 Å². The predicted molar refractivity (Wildman–Crippen MR) is 103 cm³/mol. The predicted octanol–water partition coefficient (Wildman–Crippen LogP) is 7.12. The highest BCUT2D eigenvalue weighted by Gasteiger charge is 2.17. The molecular formula is C18H11Cl4NO2. The van der Waals surface area contributed by atoms with Gasteiger partial charge in [-0.25, -0.2) is 0 Å². The SMILES string of the molecule is Cc1oc(-c2ccc(Cl)c(Cl)c2)cc1C(=O)Nc1ccc(Cl)c(Cl)c1. The molecule has 0 unspecified atom stereocenters. The molecule has 0 saturated carbocycles. The van der Waals surface area contributed by atoms with E-state index in [1.54, 1.807) is 49.4 Å². The summed E-state index contributed by atoms with van der Waals surface area (Å²) in [6.07, 6.45) is 0. The molecule has 7 heteroatoms. The van der Waals surface area contributed by atoms with Crippen molar-refractivity contribution in [1.82, 2.24) is 0 Å². The van der Waals surface area contributed by atoms with Gasteiger partial charge in [-0.15, -0.1) is 0 Å². The quantitative estimate of drug-likeness (QED) is 0.495. The van der Waals surface area contributed by atoms with Crippen LogP contribution in [-0.2, 0) is 0 Å². The first kappa shape index (κ1) is 18.2. The van der Waals surface area contributed by atoms with Crippen LogP contribution in [0.1, 0.15) is 16.1 Å². The van der Waals surface area contributed by atoms with Crippen molar-refractivity contribution in [3.63, 3.8) is 0 Å². The van der Waals surface area contributed by atoms with Crippen LogP contribution in [0.4, 0.5) is 5.69 Å². The Hall–Kier alpha value is -1.65. The number of benzene rings is 2. The number of furan rings is 1. The summed E-state index contributed by atoms with van der Waals surface area (Å²) in [5, 5.41) is 4.40. The molecule has 1 aromatic heterocycles. The minimum Gasteiger partial charge on any atom is -0.461 e. The Labute approximate surface area is 164 Å². The Kier molecular flexibility index (Phi) is 5.30. The molecule has 0 radical (unpaired) electrons. The van der Waals surface area contributed by atoms with Gasteiger partial charge in [-0.1, -0.05) is 46.4 Å². The lowest BCUT2D eigenvalue weighted by Gasteiger charge is -2.05. The van der Waals surface area contributed by atoms with E-state index in [2.05, 4.69) is 5.32 Å². The zero-order chi connectivity index (χ0) is 18.1. The number of hydrogen-bond donors (Lipinski definition) is 1. The molecule has 0 fully saturated rings. The molecule has 0 aliphatic rings. The van der Waals surface area contributed by atoms with E-state index in [0.29, 0.717) is 42.9 Å². The molecule has 0 saturated heterocycles. The molecule has 1 heterocycles. The lowest BCUT2D eigenvalue weighted by Crippen LogP contribution is -2.12. The Balaban J connectivity index is 1.87. The van der Waals surface area contributed by atoms with Gasteiger partial charge in [0.25, 0.3) is 5.91 Å². The monoisotopic (exact) mass is 413 g/mol. The molecule has 3 aromatic rings. The van der Waals surface area contributed by atoms with Crippen molar-refractivity contribution in [3.8, 4) is 11.3 Å². The van der Waals surface area contributed by atoms with Gasteiger partial charge < -0.3 is 9.73 Å². The Morgan fingerprint density at radius 1 is 0.880 bits per heavy atom. The van der Waals surface area contributed by atoms with E-state index in [1.807, 2.05) is 0 Å². The van der Waals surface area contributed by atoms with Crippen LogP contribution in [0.15, 0.2) is 46.9 Å². The van der Waals surface area contributed by atoms with Crippen molar-refractivity contribution in [2.24, 2.45) is 0 Å². The maximum atomic E-state index is 12.5. The zero-order valence-corrected chi connectivity index (χ0v) is 15.9. The summed E-state index contributed by atoms with van der Waals surface area (Å²) in [6.45, 7) is 1.71. The molecule has 128 valence electrons. The second kappa shape index (κ2) is 7.30. The van der Waals surface area contributed by atoms with Gasteiger partial charge in [0, 0.05) is 11.3 Å². The number of hydrogen-bond acceptors (Lipinski definition) is 2. The van der Waals surface area contributed by atoms with Crippen molar-refractivity contribution in [2.75, 3.05) is 5.32 Å². The number of halogens is 4. The van der Waals surface area contributed by atoms with Gasteiger partial charge in [-0.2, -0.15) is 0 Å².